The third-order valence-electron chi connectivity index (χ3n) is 2.26. The number of hydrogen-bond acceptors (Lipinski definition) is 3. The van der Waals surface area contributed by atoms with E-state index in [-0.39, 0.29) is 5.78 Å². The van der Waals surface area contributed by atoms with E-state index >= 15 is 0 Å². The van der Waals surface area contributed by atoms with E-state index in [9.17, 15) is 4.79 Å². The molecule has 0 amide bonds. The molecule has 0 radical (unpaired) electrons. The van der Waals surface area contributed by atoms with Crippen LogP contribution in [0.4, 0.5) is 0 Å². The number of aryl methyl sites for hydroxylation is 2. The van der Waals surface area contributed by atoms with Gasteiger partial charge < -0.3 is 4.74 Å². The summed E-state index contributed by atoms with van der Waals surface area (Å²) >= 11 is 0. The molecule has 0 aliphatic carbocycles. The molecule has 74 valence electrons. The van der Waals surface area contributed by atoms with Gasteiger partial charge in [0.25, 0.3) is 0 Å². The number of ether oxygens (including phenoxy) is 1. The molecule has 4 nitrogen and oxygen atoms in total. The molecule has 1 aromatic heterocycles. The summed E-state index contributed by atoms with van der Waals surface area (Å²) in [6, 6.07) is 0. The maximum Gasteiger partial charge on any atom is 0.195 e. The molecule has 1 aromatic rings. The van der Waals surface area contributed by atoms with Crippen molar-refractivity contribution in [3.8, 4) is 0 Å². The molecule has 1 aliphatic rings. The van der Waals surface area contributed by atoms with Crippen molar-refractivity contribution >= 4 is 5.78 Å². The minimum absolute atomic E-state index is 0.0353. The fourth-order valence-corrected chi connectivity index (χ4v) is 1.55. The van der Waals surface area contributed by atoms with Crippen LogP contribution in [0.3, 0.4) is 0 Å². The van der Waals surface area contributed by atoms with Crippen LogP contribution < -0.4 is 0 Å². The lowest BCUT2D eigenvalue weighted by molar-refractivity contribution is 0.103. The first-order chi connectivity index (χ1) is 6.68. The molecule has 0 N–H and O–H groups in total. The van der Waals surface area contributed by atoms with Gasteiger partial charge in [-0.3, -0.25) is 9.48 Å². The molecule has 2 rings (SSSR count). The van der Waals surface area contributed by atoms with Gasteiger partial charge in [-0.1, -0.05) is 0 Å². The Hall–Kier alpha value is -1.58. The number of ketones is 1. The Morgan fingerprint density at radius 1 is 1.64 bits per heavy atom. The van der Waals surface area contributed by atoms with Gasteiger partial charge >= 0.3 is 0 Å². The Kier molecular flexibility index (Phi) is 2.11. The fourth-order valence-electron chi connectivity index (χ4n) is 1.55. The Balaban J connectivity index is 2.30. The van der Waals surface area contributed by atoms with Gasteiger partial charge in [0.05, 0.1) is 24.1 Å². The van der Waals surface area contributed by atoms with Gasteiger partial charge in [-0.05, 0) is 6.92 Å². The first kappa shape index (κ1) is 8.99. The molecule has 0 atom stereocenters. The van der Waals surface area contributed by atoms with Crippen molar-refractivity contribution in [3.05, 3.63) is 29.3 Å². The Bertz CT molecular complexity index is 404. The SMILES string of the molecule is Cc1nn(C)cc1C(=O)C1=COCC1. The molecular formula is C10H12N2O2. The lowest BCUT2D eigenvalue weighted by atomic mass is 10.0. The third-order valence-corrected chi connectivity index (χ3v) is 2.26. The van der Waals surface area contributed by atoms with Crippen molar-refractivity contribution in [2.24, 2.45) is 7.05 Å². The second-order valence-electron chi connectivity index (χ2n) is 3.39. The summed E-state index contributed by atoms with van der Waals surface area (Å²) < 4.78 is 6.69. The number of Topliss-reactive ketones (excluding diaryl/α,β-unsaturated/α-hetero) is 1. The van der Waals surface area contributed by atoms with Crippen molar-refractivity contribution in [2.75, 3.05) is 6.61 Å². The smallest absolute Gasteiger partial charge is 0.195 e. The number of carbonyl (C=O) groups is 1. The highest BCUT2D eigenvalue weighted by Gasteiger charge is 2.19. The maximum absolute atomic E-state index is 11.9. The van der Waals surface area contributed by atoms with Crippen LogP contribution in [0.1, 0.15) is 22.5 Å². The zero-order valence-electron chi connectivity index (χ0n) is 8.28. The predicted octanol–water partition coefficient (Wildman–Crippen LogP) is 1.22. The highest BCUT2D eigenvalue weighted by atomic mass is 16.5. The first-order valence-electron chi connectivity index (χ1n) is 4.54. The van der Waals surface area contributed by atoms with Gasteiger partial charge in [0.15, 0.2) is 5.78 Å². The van der Waals surface area contributed by atoms with Crippen LogP contribution in [0.25, 0.3) is 0 Å². The van der Waals surface area contributed by atoms with Gasteiger partial charge in [0, 0.05) is 25.2 Å². The maximum atomic E-state index is 11.9. The van der Waals surface area contributed by atoms with Gasteiger partial charge in [-0.2, -0.15) is 5.10 Å². The second kappa shape index (κ2) is 3.29. The zero-order chi connectivity index (χ0) is 10.1. The monoisotopic (exact) mass is 192 g/mol. The van der Waals surface area contributed by atoms with E-state index in [1.807, 2.05) is 14.0 Å². The quantitative estimate of drug-likeness (QED) is 0.662. The topological polar surface area (TPSA) is 44.1 Å². The number of hydrogen-bond donors (Lipinski definition) is 0. The van der Waals surface area contributed by atoms with E-state index in [4.69, 9.17) is 4.74 Å². The van der Waals surface area contributed by atoms with Crippen molar-refractivity contribution in [2.45, 2.75) is 13.3 Å². The number of rotatable bonds is 2. The number of carbonyl (C=O) groups excluding carboxylic acids is 1. The largest absolute Gasteiger partial charge is 0.500 e. The van der Waals surface area contributed by atoms with Gasteiger partial charge in [-0.25, -0.2) is 0 Å². The highest BCUT2D eigenvalue weighted by Crippen LogP contribution is 2.18. The van der Waals surface area contributed by atoms with Crippen LogP contribution in [0.15, 0.2) is 18.0 Å². The van der Waals surface area contributed by atoms with Crippen molar-refractivity contribution in [1.82, 2.24) is 9.78 Å². The van der Waals surface area contributed by atoms with E-state index in [1.165, 1.54) is 0 Å². The van der Waals surface area contributed by atoms with Gasteiger partial charge in [0.2, 0.25) is 0 Å². The number of nitrogens with zero attached hydrogens (tertiary/aromatic N) is 2. The molecule has 0 saturated heterocycles. The predicted molar refractivity (Wildman–Crippen MR) is 50.9 cm³/mol. The molecule has 1 aliphatic heterocycles. The average molecular weight is 192 g/mol. The summed E-state index contributed by atoms with van der Waals surface area (Å²) in [5.74, 6) is 0.0353. The van der Waals surface area contributed by atoms with Crippen LogP contribution in [0.2, 0.25) is 0 Å². The average Bonchev–Trinajstić information content (AvgIpc) is 2.73. The van der Waals surface area contributed by atoms with E-state index < -0.39 is 0 Å². The van der Waals surface area contributed by atoms with Crippen LogP contribution in [0, 0.1) is 6.92 Å². The molecule has 14 heavy (non-hydrogen) atoms. The summed E-state index contributed by atoms with van der Waals surface area (Å²) in [6.07, 6.45) is 4.00. The minimum atomic E-state index is 0.0353. The molecule has 0 bridgehead atoms. The van der Waals surface area contributed by atoms with Crippen molar-refractivity contribution in [3.63, 3.8) is 0 Å². The molecule has 0 fully saturated rings. The second-order valence-corrected chi connectivity index (χ2v) is 3.39. The number of aromatic nitrogens is 2. The summed E-state index contributed by atoms with van der Waals surface area (Å²) in [4.78, 5) is 11.9. The summed E-state index contributed by atoms with van der Waals surface area (Å²) in [7, 11) is 1.81. The van der Waals surface area contributed by atoms with Gasteiger partial charge in [0.1, 0.15) is 0 Å². The lowest BCUT2D eigenvalue weighted by Crippen LogP contribution is -2.02. The zero-order valence-corrected chi connectivity index (χ0v) is 8.28. The van der Waals surface area contributed by atoms with Crippen molar-refractivity contribution in [1.29, 1.82) is 0 Å². The molecule has 2 heterocycles. The molecule has 0 unspecified atom stereocenters. The Morgan fingerprint density at radius 2 is 2.43 bits per heavy atom. The molecule has 0 spiro atoms. The van der Waals surface area contributed by atoms with Crippen LogP contribution in [0.5, 0.6) is 0 Å². The lowest BCUT2D eigenvalue weighted by Gasteiger charge is -1.96. The van der Waals surface area contributed by atoms with E-state index in [1.54, 1.807) is 17.1 Å². The van der Waals surface area contributed by atoms with Crippen LogP contribution in [-0.4, -0.2) is 22.2 Å². The third kappa shape index (κ3) is 1.43. The van der Waals surface area contributed by atoms with Gasteiger partial charge in [-0.15, -0.1) is 0 Å². The molecule has 0 aromatic carbocycles. The molecule has 4 heteroatoms. The minimum Gasteiger partial charge on any atom is -0.500 e. The Morgan fingerprint density at radius 3 is 2.93 bits per heavy atom. The van der Waals surface area contributed by atoms with Crippen molar-refractivity contribution < 1.29 is 9.53 Å². The standard InChI is InChI=1S/C10H12N2O2/c1-7-9(5-12(2)11-7)10(13)8-3-4-14-6-8/h5-6H,3-4H2,1-2H3. The fraction of sp³-hybridized carbons (Fsp3) is 0.400. The highest BCUT2D eigenvalue weighted by molar-refractivity contribution is 6.09. The molecule has 0 saturated carbocycles. The van der Waals surface area contributed by atoms with E-state index in [2.05, 4.69) is 5.10 Å². The first-order valence-corrected chi connectivity index (χ1v) is 4.54. The normalized spacial score (nSPS) is 15.1. The van der Waals surface area contributed by atoms with Crippen LogP contribution >= 0.6 is 0 Å². The Labute approximate surface area is 82.2 Å². The summed E-state index contributed by atoms with van der Waals surface area (Å²) in [5, 5.41) is 4.13. The summed E-state index contributed by atoms with van der Waals surface area (Å²) in [5.41, 5.74) is 2.18. The van der Waals surface area contributed by atoms with E-state index in [0.717, 1.165) is 11.3 Å². The molecular weight excluding hydrogens is 180 g/mol. The van der Waals surface area contributed by atoms with E-state index in [0.29, 0.717) is 18.6 Å². The van der Waals surface area contributed by atoms with Crippen LogP contribution in [-0.2, 0) is 11.8 Å². The summed E-state index contributed by atoms with van der Waals surface area (Å²) in [6.45, 7) is 2.45.